The SMILES string of the molecule is C=C(C(N)=O)c1ccc(OC)cc1F. The Hall–Kier alpha value is -1.84. The van der Waals surface area contributed by atoms with Crippen molar-refractivity contribution in [3.8, 4) is 5.75 Å². The van der Waals surface area contributed by atoms with Gasteiger partial charge in [-0.15, -0.1) is 0 Å². The van der Waals surface area contributed by atoms with Gasteiger partial charge in [-0.2, -0.15) is 0 Å². The molecular formula is C10H10FNO2. The molecule has 4 heteroatoms. The Kier molecular flexibility index (Phi) is 2.86. The van der Waals surface area contributed by atoms with Gasteiger partial charge in [-0.3, -0.25) is 4.79 Å². The molecule has 0 heterocycles. The monoisotopic (exact) mass is 195 g/mol. The second-order valence-corrected chi connectivity index (χ2v) is 2.69. The Morgan fingerprint density at radius 1 is 1.57 bits per heavy atom. The van der Waals surface area contributed by atoms with Crippen LogP contribution < -0.4 is 10.5 Å². The van der Waals surface area contributed by atoms with Crippen molar-refractivity contribution in [2.24, 2.45) is 5.73 Å². The molecule has 0 aromatic heterocycles. The summed E-state index contributed by atoms with van der Waals surface area (Å²) in [6.07, 6.45) is 0. The molecule has 74 valence electrons. The van der Waals surface area contributed by atoms with E-state index in [1.54, 1.807) is 0 Å². The Bertz CT molecular complexity index is 388. The Morgan fingerprint density at radius 3 is 2.64 bits per heavy atom. The third-order valence-electron chi connectivity index (χ3n) is 1.80. The summed E-state index contributed by atoms with van der Waals surface area (Å²) in [4.78, 5) is 10.7. The second kappa shape index (κ2) is 3.91. The van der Waals surface area contributed by atoms with Crippen LogP contribution in [0.25, 0.3) is 5.57 Å². The quantitative estimate of drug-likeness (QED) is 0.740. The zero-order valence-corrected chi connectivity index (χ0v) is 7.71. The molecule has 1 aromatic rings. The van der Waals surface area contributed by atoms with Crippen LogP contribution in [0.4, 0.5) is 4.39 Å². The molecule has 0 radical (unpaired) electrons. The predicted molar refractivity (Wildman–Crippen MR) is 51.2 cm³/mol. The van der Waals surface area contributed by atoms with Crippen molar-refractivity contribution >= 4 is 11.5 Å². The summed E-state index contributed by atoms with van der Waals surface area (Å²) in [5.41, 5.74) is 5.02. The molecule has 0 unspecified atom stereocenters. The highest BCUT2D eigenvalue weighted by Crippen LogP contribution is 2.21. The molecule has 0 aliphatic carbocycles. The van der Waals surface area contributed by atoms with Crippen LogP contribution in [-0.2, 0) is 4.79 Å². The lowest BCUT2D eigenvalue weighted by Gasteiger charge is -2.05. The van der Waals surface area contributed by atoms with Crippen LogP contribution in [0.15, 0.2) is 24.8 Å². The lowest BCUT2D eigenvalue weighted by atomic mass is 10.1. The van der Waals surface area contributed by atoms with Crippen molar-refractivity contribution in [3.63, 3.8) is 0 Å². The largest absolute Gasteiger partial charge is 0.497 e. The number of ether oxygens (including phenoxy) is 1. The number of hydrogen-bond donors (Lipinski definition) is 1. The molecule has 0 saturated carbocycles. The fraction of sp³-hybridized carbons (Fsp3) is 0.100. The van der Waals surface area contributed by atoms with Gasteiger partial charge in [-0.25, -0.2) is 4.39 Å². The number of primary amides is 1. The number of benzene rings is 1. The van der Waals surface area contributed by atoms with Gasteiger partial charge in [-0.05, 0) is 12.1 Å². The van der Waals surface area contributed by atoms with Crippen LogP contribution in [0.1, 0.15) is 5.56 Å². The van der Waals surface area contributed by atoms with E-state index in [4.69, 9.17) is 10.5 Å². The second-order valence-electron chi connectivity index (χ2n) is 2.69. The molecule has 0 saturated heterocycles. The average Bonchev–Trinajstić information content (AvgIpc) is 2.16. The van der Waals surface area contributed by atoms with Gasteiger partial charge in [0.15, 0.2) is 0 Å². The van der Waals surface area contributed by atoms with Crippen molar-refractivity contribution in [1.29, 1.82) is 0 Å². The third kappa shape index (κ3) is 1.90. The number of carbonyl (C=O) groups is 1. The third-order valence-corrected chi connectivity index (χ3v) is 1.80. The highest BCUT2D eigenvalue weighted by molar-refractivity contribution is 6.17. The van der Waals surface area contributed by atoms with Crippen molar-refractivity contribution in [2.75, 3.05) is 7.11 Å². The zero-order valence-electron chi connectivity index (χ0n) is 7.71. The highest BCUT2D eigenvalue weighted by Gasteiger charge is 2.11. The minimum Gasteiger partial charge on any atom is -0.497 e. The van der Waals surface area contributed by atoms with E-state index < -0.39 is 11.7 Å². The van der Waals surface area contributed by atoms with Crippen LogP contribution in [0, 0.1) is 5.82 Å². The molecule has 0 spiro atoms. The molecule has 2 N–H and O–H groups in total. The van der Waals surface area contributed by atoms with E-state index in [-0.39, 0.29) is 11.1 Å². The maximum Gasteiger partial charge on any atom is 0.248 e. The summed E-state index contributed by atoms with van der Waals surface area (Å²) >= 11 is 0. The van der Waals surface area contributed by atoms with Crippen LogP contribution in [0.5, 0.6) is 5.75 Å². The van der Waals surface area contributed by atoms with Crippen molar-refractivity contribution < 1.29 is 13.9 Å². The van der Waals surface area contributed by atoms with Crippen LogP contribution in [-0.4, -0.2) is 13.0 Å². The summed E-state index contributed by atoms with van der Waals surface area (Å²) in [6.45, 7) is 3.39. The number of hydrogen-bond acceptors (Lipinski definition) is 2. The molecule has 1 aromatic carbocycles. The number of nitrogens with two attached hydrogens (primary N) is 1. The van der Waals surface area contributed by atoms with Gasteiger partial charge in [0, 0.05) is 17.2 Å². The van der Waals surface area contributed by atoms with E-state index in [0.29, 0.717) is 5.75 Å². The van der Waals surface area contributed by atoms with Crippen LogP contribution >= 0.6 is 0 Å². The standard InChI is InChI=1S/C10H10FNO2/c1-6(10(12)13)8-4-3-7(14-2)5-9(8)11/h3-5H,1H2,2H3,(H2,12,13). The van der Waals surface area contributed by atoms with Gasteiger partial charge in [0.05, 0.1) is 7.11 Å². The molecule has 0 bridgehead atoms. The fourth-order valence-electron chi connectivity index (χ4n) is 1.00. The lowest BCUT2D eigenvalue weighted by molar-refractivity contribution is -0.112. The zero-order chi connectivity index (χ0) is 10.7. The van der Waals surface area contributed by atoms with E-state index >= 15 is 0 Å². The minimum atomic E-state index is -0.742. The molecule has 0 aliphatic heterocycles. The number of carbonyl (C=O) groups excluding carboxylic acids is 1. The van der Waals surface area contributed by atoms with E-state index in [2.05, 4.69) is 6.58 Å². The molecule has 0 fully saturated rings. The maximum atomic E-state index is 13.3. The fourth-order valence-corrected chi connectivity index (χ4v) is 1.00. The van der Waals surface area contributed by atoms with E-state index in [0.717, 1.165) is 0 Å². The van der Waals surface area contributed by atoms with Crippen LogP contribution in [0.2, 0.25) is 0 Å². The Balaban J connectivity index is 3.12. The predicted octanol–water partition coefficient (Wildman–Crippen LogP) is 1.33. The Morgan fingerprint density at radius 2 is 2.21 bits per heavy atom. The number of methoxy groups -OCH3 is 1. The van der Waals surface area contributed by atoms with Gasteiger partial charge in [0.25, 0.3) is 0 Å². The average molecular weight is 195 g/mol. The van der Waals surface area contributed by atoms with Gasteiger partial charge in [0.2, 0.25) is 5.91 Å². The van der Waals surface area contributed by atoms with Gasteiger partial charge >= 0.3 is 0 Å². The molecule has 1 amide bonds. The van der Waals surface area contributed by atoms with Crippen molar-refractivity contribution in [1.82, 2.24) is 0 Å². The summed E-state index contributed by atoms with van der Waals surface area (Å²) < 4.78 is 18.1. The first-order valence-electron chi connectivity index (χ1n) is 3.89. The van der Waals surface area contributed by atoms with Gasteiger partial charge in [0.1, 0.15) is 11.6 Å². The smallest absolute Gasteiger partial charge is 0.248 e. The molecule has 3 nitrogen and oxygen atoms in total. The number of amides is 1. The molecule has 0 atom stereocenters. The Labute approximate surface area is 81.0 Å². The van der Waals surface area contributed by atoms with Crippen molar-refractivity contribution in [2.45, 2.75) is 0 Å². The topological polar surface area (TPSA) is 52.3 Å². The molecular weight excluding hydrogens is 185 g/mol. The molecule has 1 rings (SSSR count). The first-order valence-corrected chi connectivity index (χ1v) is 3.89. The first-order chi connectivity index (χ1) is 6.56. The van der Waals surface area contributed by atoms with Crippen molar-refractivity contribution in [3.05, 3.63) is 36.2 Å². The maximum absolute atomic E-state index is 13.3. The first kappa shape index (κ1) is 10.2. The summed E-state index contributed by atoms with van der Waals surface area (Å²) in [5, 5.41) is 0. The number of halogens is 1. The normalized spacial score (nSPS) is 9.57. The molecule has 14 heavy (non-hydrogen) atoms. The lowest BCUT2D eigenvalue weighted by Crippen LogP contribution is -2.12. The van der Waals surface area contributed by atoms with E-state index in [9.17, 15) is 9.18 Å². The summed E-state index contributed by atoms with van der Waals surface area (Å²) in [7, 11) is 1.43. The minimum absolute atomic E-state index is 0.0508. The highest BCUT2D eigenvalue weighted by atomic mass is 19.1. The van der Waals surface area contributed by atoms with Gasteiger partial charge < -0.3 is 10.5 Å². The number of rotatable bonds is 3. The van der Waals surface area contributed by atoms with E-state index in [1.165, 1.54) is 25.3 Å². The summed E-state index contributed by atoms with van der Waals surface area (Å²) in [5.74, 6) is -0.939. The summed E-state index contributed by atoms with van der Waals surface area (Å²) in [6, 6.07) is 4.11. The van der Waals surface area contributed by atoms with Crippen LogP contribution in [0.3, 0.4) is 0 Å². The van der Waals surface area contributed by atoms with Gasteiger partial charge in [-0.1, -0.05) is 6.58 Å². The molecule has 0 aliphatic rings. The van der Waals surface area contributed by atoms with E-state index in [1.807, 2.05) is 0 Å².